The third-order valence-corrected chi connectivity index (χ3v) is 3.79. The van der Waals surface area contributed by atoms with Crippen molar-refractivity contribution in [3.63, 3.8) is 0 Å². The zero-order valence-corrected chi connectivity index (χ0v) is 12.8. The molecule has 0 amide bonds. The third kappa shape index (κ3) is 3.64. The Bertz CT molecular complexity index is 660. The standard InChI is InChI=1S/C15H17F3N4O/c1-21(2)12-5-3-10(4-6-12)13-19-14(23-20-13)11-7-22(8-11)9-15(16,17)18/h3-6,11H,7-9H2,1-2H3. The Labute approximate surface area is 131 Å². The second-order valence-electron chi connectivity index (χ2n) is 5.90. The van der Waals surface area contributed by atoms with Crippen molar-refractivity contribution in [1.82, 2.24) is 15.0 Å². The van der Waals surface area contributed by atoms with E-state index in [0.717, 1.165) is 11.3 Å². The number of anilines is 1. The zero-order chi connectivity index (χ0) is 16.6. The highest BCUT2D eigenvalue weighted by Gasteiger charge is 2.39. The van der Waals surface area contributed by atoms with Gasteiger partial charge in [-0.1, -0.05) is 5.16 Å². The topological polar surface area (TPSA) is 45.4 Å². The molecule has 124 valence electrons. The Balaban J connectivity index is 1.63. The van der Waals surface area contributed by atoms with Crippen molar-refractivity contribution < 1.29 is 17.7 Å². The number of halogens is 3. The molecule has 5 nitrogen and oxygen atoms in total. The SMILES string of the molecule is CN(C)c1ccc(-c2noc(C3CN(CC(F)(F)F)C3)n2)cc1. The maximum absolute atomic E-state index is 12.3. The predicted octanol–water partition coefficient (Wildman–Crippen LogP) is 2.76. The number of benzene rings is 1. The van der Waals surface area contributed by atoms with Crippen LogP contribution in [0.5, 0.6) is 0 Å². The number of hydrogen-bond donors (Lipinski definition) is 0. The second kappa shape index (κ2) is 5.84. The molecule has 0 radical (unpaired) electrons. The molecule has 0 unspecified atom stereocenters. The van der Waals surface area contributed by atoms with E-state index in [1.165, 1.54) is 4.90 Å². The minimum Gasteiger partial charge on any atom is -0.378 e. The van der Waals surface area contributed by atoms with Crippen LogP contribution in [0, 0.1) is 0 Å². The Hall–Kier alpha value is -2.09. The van der Waals surface area contributed by atoms with Crippen LogP contribution < -0.4 is 4.90 Å². The van der Waals surface area contributed by atoms with Gasteiger partial charge in [-0.15, -0.1) is 0 Å². The van der Waals surface area contributed by atoms with Crippen molar-refractivity contribution in [3.05, 3.63) is 30.2 Å². The maximum Gasteiger partial charge on any atom is 0.401 e. The summed E-state index contributed by atoms with van der Waals surface area (Å²) in [6.45, 7) is -0.308. The monoisotopic (exact) mass is 326 g/mol. The summed E-state index contributed by atoms with van der Waals surface area (Å²) >= 11 is 0. The van der Waals surface area contributed by atoms with Crippen LogP contribution in [-0.2, 0) is 0 Å². The minimum atomic E-state index is -4.17. The molecule has 8 heteroatoms. The van der Waals surface area contributed by atoms with Crippen LogP contribution in [0.25, 0.3) is 11.4 Å². The largest absolute Gasteiger partial charge is 0.401 e. The van der Waals surface area contributed by atoms with Gasteiger partial charge in [0.25, 0.3) is 0 Å². The Kier molecular flexibility index (Phi) is 4.01. The number of rotatable bonds is 4. The van der Waals surface area contributed by atoms with Crippen LogP contribution in [-0.4, -0.2) is 54.9 Å². The van der Waals surface area contributed by atoms with E-state index in [9.17, 15) is 13.2 Å². The molecule has 2 aromatic rings. The summed E-state index contributed by atoms with van der Waals surface area (Å²) in [7, 11) is 3.90. The van der Waals surface area contributed by atoms with Gasteiger partial charge >= 0.3 is 6.18 Å². The van der Waals surface area contributed by atoms with Crippen LogP contribution in [0.4, 0.5) is 18.9 Å². The molecule has 0 N–H and O–H groups in total. The predicted molar refractivity (Wildman–Crippen MR) is 79.3 cm³/mol. The van der Waals surface area contributed by atoms with Crippen LogP contribution in [0.15, 0.2) is 28.8 Å². The number of likely N-dealkylation sites (tertiary alicyclic amines) is 1. The molecule has 0 aliphatic carbocycles. The molecule has 2 heterocycles. The van der Waals surface area contributed by atoms with E-state index in [1.807, 2.05) is 43.3 Å². The first kappa shape index (κ1) is 15.8. The highest BCUT2D eigenvalue weighted by atomic mass is 19.4. The molecule has 1 aliphatic rings. The number of hydrogen-bond acceptors (Lipinski definition) is 5. The van der Waals surface area contributed by atoms with E-state index in [-0.39, 0.29) is 5.92 Å². The fourth-order valence-electron chi connectivity index (χ4n) is 2.54. The van der Waals surface area contributed by atoms with E-state index in [1.54, 1.807) is 0 Å². The number of alkyl halides is 3. The number of nitrogens with zero attached hydrogens (tertiary/aromatic N) is 4. The molecule has 1 aromatic carbocycles. The maximum atomic E-state index is 12.3. The fraction of sp³-hybridized carbons (Fsp3) is 0.467. The van der Waals surface area contributed by atoms with Gasteiger partial charge in [0.05, 0.1) is 12.5 Å². The lowest BCUT2D eigenvalue weighted by molar-refractivity contribution is -0.155. The molecule has 1 saturated heterocycles. The molecule has 3 rings (SSSR count). The highest BCUT2D eigenvalue weighted by molar-refractivity contribution is 5.59. The first-order chi connectivity index (χ1) is 10.8. The third-order valence-electron chi connectivity index (χ3n) is 3.79. The number of aromatic nitrogens is 2. The molecule has 23 heavy (non-hydrogen) atoms. The molecule has 1 aromatic heterocycles. The first-order valence-electron chi connectivity index (χ1n) is 7.22. The van der Waals surface area contributed by atoms with E-state index in [2.05, 4.69) is 10.1 Å². The van der Waals surface area contributed by atoms with Crippen LogP contribution >= 0.6 is 0 Å². The smallest absolute Gasteiger partial charge is 0.378 e. The van der Waals surface area contributed by atoms with Gasteiger partial charge in [0.2, 0.25) is 11.7 Å². The van der Waals surface area contributed by atoms with Gasteiger partial charge < -0.3 is 9.42 Å². The average molecular weight is 326 g/mol. The summed E-state index contributed by atoms with van der Waals surface area (Å²) in [6.07, 6.45) is -4.17. The van der Waals surface area contributed by atoms with Crippen molar-refractivity contribution in [2.24, 2.45) is 0 Å². The normalized spacial score (nSPS) is 16.4. The molecular formula is C15H17F3N4O. The van der Waals surface area contributed by atoms with Crippen LogP contribution in [0.2, 0.25) is 0 Å². The van der Waals surface area contributed by atoms with Gasteiger partial charge in [-0.25, -0.2) is 0 Å². The molecule has 1 aliphatic heterocycles. The first-order valence-corrected chi connectivity index (χ1v) is 7.22. The summed E-state index contributed by atoms with van der Waals surface area (Å²) in [5, 5.41) is 3.92. The molecule has 0 atom stereocenters. The van der Waals surface area contributed by atoms with Crippen LogP contribution in [0.3, 0.4) is 0 Å². The van der Waals surface area contributed by atoms with Gasteiger partial charge in [-0.05, 0) is 24.3 Å². The second-order valence-corrected chi connectivity index (χ2v) is 5.90. The van der Waals surface area contributed by atoms with Gasteiger partial charge in [0.1, 0.15) is 0 Å². The van der Waals surface area contributed by atoms with Crippen molar-refractivity contribution in [3.8, 4) is 11.4 Å². The summed E-state index contributed by atoms with van der Waals surface area (Å²) in [6, 6.07) is 7.67. The molecular weight excluding hydrogens is 309 g/mol. The Morgan fingerprint density at radius 3 is 2.43 bits per heavy atom. The molecule has 0 saturated carbocycles. The van der Waals surface area contributed by atoms with Crippen molar-refractivity contribution in [1.29, 1.82) is 0 Å². The molecule has 0 bridgehead atoms. The summed E-state index contributed by atoms with van der Waals surface area (Å²) in [4.78, 5) is 7.61. The lowest BCUT2D eigenvalue weighted by Gasteiger charge is -2.37. The molecule has 0 spiro atoms. The van der Waals surface area contributed by atoms with Crippen molar-refractivity contribution in [2.75, 3.05) is 38.6 Å². The lowest BCUT2D eigenvalue weighted by Crippen LogP contribution is -2.49. The van der Waals surface area contributed by atoms with E-state index >= 15 is 0 Å². The van der Waals surface area contributed by atoms with Crippen molar-refractivity contribution >= 4 is 5.69 Å². The van der Waals surface area contributed by atoms with Crippen molar-refractivity contribution in [2.45, 2.75) is 12.1 Å². The van der Waals surface area contributed by atoms with E-state index < -0.39 is 12.7 Å². The summed E-state index contributed by atoms with van der Waals surface area (Å²) < 4.78 is 42.0. The van der Waals surface area contributed by atoms with Gasteiger partial charge in [0, 0.05) is 38.4 Å². The Morgan fingerprint density at radius 2 is 1.87 bits per heavy atom. The van der Waals surface area contributed by atoms with E-state index in [4.69, 9.17) is 4.52 Å². The Morgan fingerprint density at radius 1 is 1.22 bits per heavy atom. The van der Waals surface area contributed by atoms with Gasteiger partial charge in [0.15, 0.2) is 0 Å². The lowest BCUT2D eigenvalue weighted by atomic mass is 10.0. The average Bonchev–Trinajstić information content (AvgIpc) is 2.90. The quantitative estimate of drug-likeness (QED) is 0.864. The molecule has 1 fully saturated rings. The highest BCUT2D eigenvalue weighted by Crippen LogP contribution is 2.30. The minimum absolute atomic E-state index is 0.125. The van der Waals surface area contributed by atoms with Crippen LogP contribution in [0.1, 0.15) is 11.8 Å². The fourth-order valence-corrected chi connectivity index (χ4v) is 2.54. The zero-order valence-electron chi connectivity index (χ0n) is 12.8. The summed E-state index contributed by atoms with van der Waals surface area (Å²) in [5.41, 5.74) is 1.87. The summed E-state index contributed by atoms with van der Waals surface area (Å²) in [5.74, 6) is 0.731. The van der Waals surface area contributed by atoms with Gasteiger partial charge in [-0.2, -0.15) is 18.2 Å². The van der Waals surface area contributed by atoms with Gasteiger partial charge in [-0.3, -0.25) is 4.90 Å². The van der Waals surface area contributed by atoms with E-state index in [0.29, 0.717) is 24.8 Å².